The van der Waals surface area contributed by atoms with E-state index in [9.17, 15) is 4.79 Å². The number of benzene rings is 2. The molecule has 4 aromatic rings. The van der Waals surface area contributed by atoms with E-state index in [1.807, 2.05) is 64.1 Å². The van der Waals surface area contributed by atoms with Gasteiger partial charge < -0.3 is 20.3 Å². The SMILES string of the molecule is COc1ccccc1NC(=O)N1CCCC(CCNc2nccc(-n3cnc4ccccc43)n2)C1. The maximum atomic E-state index is 12.8. The molecule has 9 heteroatoms. The van der Waals surface area contributed by atoms with Crippen molar-refractivity contribution in [2.24, 2.45) is 5.92 Å². The lowest BCUT2D eigenvalue weighted by atomic mass is 9.95. The highest BCUT2D eigenvalue weighted by atomic mass is 16.5. The van der Waals surface area contributed by atoms with E-state index in [-0.39, 0.29) is 6.03 Å². The van der Waals surface area contributed by atoms with E-state index in [4.69, 9.17) is 4.74 Å². The van der Waals surface area contributed by atoms with Crippen molar-refractivity contribution in [1.82, 2.24) is 24.4 Å². The fourth-order valence-electron chi connectivity index (χ4n) is 4.53. The van der Waals surface area contributed by atoms with Crippen LogP contribution >= 0.6 is 0 Å². The molecule has 0 aliphatic carbocycles. The molecule has 2 aromatic heterocycles. The third kappa shape index (κ3) is 5.18. The first kappa shape index (κ1) is 22.6. The number of rotatable bonds is 7. The second kappa shape index (κ2) is 10.4. The Kier molecular flexibility index (Phi) is 6.74. The van der Waals surface area contributed by atoms with Gasteiger partial charge in [-0.3, -0.25) is 4.57 Å². The lowest BCUT2D eigenvalue weighted by Crippen LogP contribution is -2.42. The predicted molar refractivity (Wildman–Crippen MR) is 136 cm³/mol. The number of carbonyl (C=O) groups is 1. The lowest BCUT2D eigenvalue weighted by molar-refractivity contribution is 0.175. The normalized spacial score (nSPS) is 15.7. The van der Waals surface area contributed by atoms with Gasteiger partial charge in [0, 0.05) is 25.8 Å². The van der Waals surface area contributed by atoms with E-state index in [0.29, 0.717) is 23.3 Å². The van der Waals surface area contributed by atoms with Gasteiger partial charge in [-0.2, -0.15) is 4.98 Å². The van der Waals surface area contributed by atoms with Crippen molar-refractivity contribution < 1.29 is 9.53 Å². The molecule has 1 saturated heterocycles. The molecule has 2 aromatic carbocycles. The van der Waals surface area contributed by atoms with Gasteiger partial charge in [0.2, 0.25) is 5.95 Å². The van der Waals surface area contributed by atoms with Gasteiger partial charge in [-0.1, -0.05) is 24.3 Å². The lowest BCUT2D eigenvalue weighted by Gasteiger charge is -2.33. The number of nitrogens with zero attached hydrogens (tertiary/aromatic N) is 5. The highest BCUT2D eigenvalue weighted by Gasteiger charge is 2.24. The molecular formula is C26H29N7O2. The number of piperidine rings is 1. The van der Waals surface area contributed by atoms with Gasteiger partial charge in [0.15, 0.2) is 0 Å². The molecule has 2 N–H and O–H groups in total. The van der Waals surface area contributed by atoms with E-state index in [1.165, 1.54) is 0 Å². The molecule has 1 fully saturated rings. The molecule has 0 radical (unpaired) electrons. The Labute approximate surface area is 204 Å². The first-order chi connectivity index (χ1) is 17.2. The molecule has 1 atom stereocenters. The summed E-state index contributed by atoms with van der Waals surface area (Å²) < 4.78 is 7.30. The molecule has 5 rings (SSSR count). The second-order valence-corrected chi connectivity index (χ2v) is 8.64. The van der Waals surface area contributed by atoms with Crippen LogP contribution in [0.3, 0.4) is 0 Å². The number of hydrogen-bond acceptors (Lipinski definition) is 6. The van der Waals surface area contributed by atoms with Crippen LogP contribution in [-0.4, -0.2) is 57.2 Å². The zero-order valence-electron chi connectivity index (χ0n) is 19.7. The molecule has 3 heterocycles. The molecule has 1 aliphatic heterocycles. The number of carbonyl (C=O) groups excluding carboxylic acids is 1. The Morgan fingerprint density at radius 2 is 1.97 bits per heavy atom. The van der Waals surface area contributed by atoms with E-state index in [0.717, 1.165) is 55.7 Å². The highest BCUT2D eigenvalue weighted by Crippen LogP contribution is 2.25. The number of amides is 2. The summed E-state index contributed by atoms with van der Waals surface area (Å²) in [7, 11) is 1.60. The minimum absolute atomic E-state index is 0.0873. The first-order valence-electron chi connectivity index (χ1n) is 11.9. The van der Waals surface area contributed by atoms with Crippen molar-refractivity contribution >= 4 is 28.7 Å². The molecule has 1 aliphatic rings. The zero-order chi connectivity index (χ0) is 24.0. The third-order valence-electron chi connectivity index (χ3n) is 6.33. The molecule has 9 nitrogen and oxygen atoms in total. The molecule has 2 amide bonds. The van der Waals surface area contributed by atoms with Crippen molar-refractivity contribution in [1.29, 1.82) is 0 Å². The summed E-state index contributed by atoms with van der Waals surface area (Å²) in [5, 5.41) is 6.33. The first-order valence-corrected chi connectivity index (χ1v) is 11.9. The van der Waals surface area contributed by atoms with Gasteiger partial charge in [-0.25, -0.2) is 14.8 Å². The van der Waals surface area contributed by atoms with E-state index >= 15 is 0 Å². The largest absolute Gasteiger partial charge is 0.495 e. The van der Waals surface area contributed by atoms with E-state index in [1.54, 1.807) is 19.6 Å². The molecular weight excluding hydrogens is 442 g/mol. The van der Waals surface area contributed by atoms with Crippen LogP contribution in [0.15, 0.2) is 67.1 Å². The predicted octanol–water partition coefficient (Wildman–Crippen LogP) is 4.57. The maximum Gasteiger partial charge on any atom is 0.321 e. The fraction of sp³-hybridized carbons (Fsp3) is 0.308. The monoisotopic (exact) mass is 471 g/mol. The van der Waals surface area contributed by atoms with Crippen LogP contribution in [0.25, 0.3) is 16.9 Å². The van der Waals surface area contributed by atoms with Gasteiger partial charge in [0.05, 0.1) is 23.8 Å². The number of aromatic nitrogens is 4. The second-order valence-electron chi connectivity index (χ2n) is 8.64. The molecule has 0 bridgehead atoms. The molecule has 1 unspecified atom stereocenters. The smallest absolute Gasteiger partial charge is 0.321 e. The Morgan fingerprint density at radius 1 is 1.11 bits per heavy atom. The van der Waals surface area contributed by atoms with Gasteiger partial charge in [0.25, 0.3) is 0 Å². The zero-order valence-corrected chi connectivity index (χ0v) is 19.7. The molecule has 0 saturated carbocycles. The van der Waals surface area contributed by atoms with Crippen LogP contribution in [0, 0.1) is 5.92 Å². The molecule has 0 spiro atoms. The minimum Gasteiger partial charge on any atom is -0.495 e. The average Bonchev–Trinajstić information content (AvgIpc) is 3.34. The summed E-state index contributed by atoms with van der Waals surface area (Å²) in [6.07, 6.45) is 6.55. The standard InChI is InChI=1S/C26H29N7O2/c1-35-23-11-5-3-9-21(23)30-26(34)32-16-6-7-19(17-32)12-14-27-25-28-15-13-24(31-25)33-18-29-20-8-2-4-10-22(20)33/h2-5,8-11,13,15,18-19H,6-7,12,14,16-17H2,1H3,(H,30,34)(H,27,28,31). The van der Waals surface area contributed by atoms with Crippen LogP contribution in [-0.2, 0) is 0 Å². The van der Waals surface area contributed by atoms with Crippen LogP contribution in [0.5, 0.6) is 5.75 Å². The van der Waals surface area contributed by atoms with Gasteiger partial charge >= 0.3 is 6.03 Å². The van der Waals surface area contributed by atoms with Crippen LogP contribution in [0.2, 0.25) is 0 Å². The highest BCUT2D eigenvalue weighted by molar-refractivity contribution is 5.91. The number of nitrogens with one attached hydrogen (secondary N) is 2. The Bertz CT molecular complexity index is 1310. The number of ether oxygens (including phenoxy) is 1. The van der Waals surface area contributed by atoms with Crippen molar-refractivity contribution in [3.05, 3.63) is 67.1 Å². The summed E-state index contributed by atoms with van der Waals surface area (Å²) in [5.74, 6) is 2.43. The van der Waals surface area contributed by atoms with Gasteiger partial charge in [-0.15, -0.1) is 0 Å². The van der Waals surface area contributed by atoms with Crippen molar-refractivity contribution in [3.63, 3.8) is 0 Å². The number of likely N-dealkylation sites (tertiary alicyclic amines) is 1. The van der Waals surface area contributed by atoms with Crippen molar-refractivity contribution in [2.45, 2.75) is 19.3 Å². The van der Waals surface area contributed by atoms with E-state index in [2.05, 4.69) is 25.6 Å². The number of urea groups is 1. The van der Waals surface area contributed by atoms with Crippen molar-refractivity contribution in [2.75, 3.05) is 37.4 Å². The summed E-state index contributed by atoms with van der Waals surface area (Å²) in [4.78, 5) is 28.2. The third-order valence-corrected chi connectivity index (χ3v) is 6.33. The van der Waals surface area contributed by atoms with Crippen molar-refractivity contribution in [3.8, 4) is 11.6 Å². The minimum atomic E-state index is -0.0873. The van der Waals surface area contributed by atoms with Gasteiger partial charge in [0.1, 0.15) is 17.9 Å². The number of methoxy groups -OCH3 is 1. The van der Waals surface area contributed by atoms with E-state index < -0.39 is 0 Å². The molecule has 180 valence electrons. The average molecular weight is 472 g/mol. The van der Waals surface area contributed by atoms with Crippen LogP contribution < -0.4 is 15.4 Å². The Morgan fingerprint density at radius 3 is 2.89 bits per heavy atom. The topological polar surface area (TPSA) is 97.2 Å². The number of fused-ring (bicyclic) bond motifs is 1. The number of para-hydroxylation sites is 4. The number of imidazole rings is 1. The fourth-order valence-corrected chi connectivity index (χ4v) is 4.53. The summed E-state index contributed by atoms with van der Waals surface area (Å²) >= 11 is 0. The molecule has 35 heavy (non-hydrogen) atoms. The summed E-state index contributed by atoms with van der Waals surface area (Å²) in [6.45, 7) is 2.22. The van der Waals surface area contributed by atoms with Crippen LogP contribution in [0.1, 0.15) is 19.3 Å². The number of hydrogen-bond donors (Lipinski definition) is 2. The quantitative estimate of drug-likeness (QED) is 0.410. The number of anilines is 2. The summed E-state index contributed by atoms with van der Waals surface area (Å²) in [5.41, 5.74) is 2.62. The Hall–Kier alpha value is -4.14. The van der Waals surface area contributed by atoms with Crippen LogP contribution in [0.4, 0.5) is 16.4 Å². The summed E-state index contributed by atoms with van der Waals surface area (Å²) in [6, 6.07) is 17.2. The Balaban J connectivity index is 1.16. The maximum absolute atomic E-state index is 12.8. The van der Waals surface area contributed by atoms with Gasteiger partial charge in [-0.05, 0) is 55.5 Å².